The zero-order valence-electron chi connectivity index (χ0n) is 9.51. The van der Waals surface area contributed by atoms with Crippen molar-refractivity contribution in [3.05, 3.63) is 27.9 Å². The Labute approximate surface area is 97.6 Å². The highest BCUT2D eigenvalue weighted by molar-refractivity contribution is 5.70. The average molecular weight is 239 g/mol. The van der Waals surface area contributed by atoms with Crippen LogP contribution in [0, 0.1) is 23.0 Å². The first-order valence-corrected chi connectivity index (χ1v) is 4.99. The fourth-order valence-corrected chi connectivity index (χ4v) is 1.18. The molecule has 0 fully saturated rings. The number of pyridine rings is 1. The smallest absolute Gasteiger partial charge is 0.308 e. The second-order valence-electron chi connectivity index (χ2n) is 3.74. The molecule has 0 amide bonds. The number of aromatic nitrogens is 1. The summed E-state index contributed by atoms with van der Waals surface area (Å²) in [6.45, 7) is 3.46. The second kappa shape index (κ2) is 5.24. The Kier molecular flexibility index (Phi) is 3.97. The molecule has 1 aromatic heterocycles. The number of hydrogen-bond donors (Lipinski definition) is 2. The molecule has 17 heavy (non-hydrogen) atoms. The number of nitrogens with one attached hydrogen (secondary N) is 1. The van der Waals surface area contributed by atoms with Crippen molar-refractivity contribution in [2.45, 2.75) is 13.8 Å². The van der Waals surface area contributed by atoms with Gasteiger partial charge in [0.05, 0.1) is 10.8 Å². The van der Waals surface area contributed by atoms with Gasteiger partial charge in [0, 0.05) is 12.6 Å². The van der Waals surface area contributed by atoms with Crippen molar-refractivity contribution in [3.8, 4) is 0 Å². The first-order valence-electron chi connectivity index (χ1n) is 4.99. The maximum atomic E-state index is 10.6. The topological polar surface area (TPSA) is 105 Å². The summed E-state index contributed by atoms with van der Waals surface area (Å²) in [4.78, 5) is 24.4. The zero-order chi connectivity index (χ0) is 13.0. The van der Waals surface area contributed by atoms with Gasteiger partial charge in [0.2, 0.25) is 0 Å². The van der Waals surface area contributed by atoms with Crippen LogP contribution in [0.15, 0.2) is 12.3 Å². The van der Waals surface area contributed by atoms with Crippen molar-refractivity contribution in [2.24, 2.45) is 5.92 Å². The first-order chi connectivity index (χ1) is 7.91. The van der Waals surface area contributed by atoms with Gasteiger partial charge < -0.3 is 10.4 Å². The van der Waals surface area contributed by atoms with Gasteiger partial charge in [0.15, 0.2) is 0 Å². The number of rotatable bonds is 5. The van der Waals surface area contributed by atoms with E-state index < -0.39 is 16.8 Å². The van der Waals surface area contributed by atoms with E-state index in [9.17, 15) is 14.9 Å². The van der Waals surface area contributed by atoms with Crippen LogP contribution in [0.2, 0.25) is 0 Å². The number of anilines is 1. The average Bonchev–Trinajstić information content (AvgIpc) is 2.26. The Morgan fingerprint density at radius 1 is 1.71 bits per heavy atom. The van der Waals surface area contributed by atoms with Crippen molar-refractivity contribution in [3.63, 3.8) is 0 Å². The van der Waals surface area contributed by atoms with E-state index in [4.69, 9.17) is 5.11 Å². The van der Waals surface area contributed by atoms with Crippen molar-refractivity contribution < 1.29 is 14.8 Å². The molecule has 1 unspecified atom stereocenters. The minimum atomic E-state index is -0.905. The van der Waals surface area contributed by atoms with Crippen LogP contribution in [-0.4, -0.2) is 27.5 Å². The Balaban J connectivity index is 2.73. The molecule has 0 saturated heterocycles. The SMILES string of the molecule is Cc1cc([N+](=O)[O-])cnc1NCC(C)C(=O)O. The summed E-state index contributed by atoms with van der Waals surface area (Å²) in [5, 5.41) is 22.0. The molecule has 1 rings (SSSR count). The van der Waals surface area contributed by atoms with Crippen molar-refractivity contribution in [2.75, 3.05) is 11.9 Å². The Hall–Kier alpha value is -2.18. The van der Waals surface area contributed by atoms with Gasteiger partial charge in [-0.25, -0.2) is 4.98 Å². The van der Waals surface area contributed by atoms with E-state index in [0.717, 1.165) is 6.20 Å². The van der Waals surface area contributed by atoms with Crippen LogP contribution >= 0.6 is 0 Å². The molecule has 0 spiro atoms. The molecule has 0 aliphatic rings. The van der Waals surface area contributed by atoms with Crippen LogP contribution in [0.1, 0.15) is 12.5 Å². The second-order valence-corrected chi connectivity index (χ2v) is 3.74. The zero-order valence-corrected chi connectivity index (χ0v) is 9.51. The quantitative estimate of drug-likeness (QED) is 0.594. The maximum Gasteiger partial charge on any atom is 0.308 e. The number of aliphatic carboxylic acids is 1. The number of carbonyl (C=O) groups is 1. The highest BCUT2D eigenvalue weighted by atomic mass is 16.6. The Morgan fingerprint density at radius 3 is 2.82 bits per heavy atom. The molecule has 2 N–H and O–H groups in total. The van der Waals surface area contributed by atoms with Crippen LogP contribution < -0.4 is 5.32 Å². The summed E-state index contributed by atoms with van der Waals surface area (Å²) in [5.74, 6) is -0.993. The van der Waals surface area contributed by atoms with Gasteiger partial charge in [0.25, 0.3) is 5.69 Å². The standard InChI is InChI=1S/C10H13N3O4/c1-6-3-8(13(16)17)5-12-9(6)11-4-7(2)10(14)15/h3,5,7H,4H2,1-2H3,(H,11,12)(H,14,15). The lowest BCUT2D eigenvalue weighted by Crippen LogP contribution is -2.20. The molecule has 92 valence electrons. The number of carboxylic acid groups (broad SMARTS) is 1. The summed E-state index contributed by atoms with van der Waals surface area (Å²) in [7, 11) is 0. The molecule has 0 radical (unpaired) electrons. The van der Waals surface area contributed by atoms with Crippen molar-refractivity contribution >= 4 is 17.5 Å². The molecule has 1 heterocycles. The summed E-state index contributed by atoms with van der Waals surface area (Å²) in [6.07, 6.45) is 1.14. The number of carboxylic acids is 1. The molecule has 0 bridgehead atoms. The highest BCUT2D eigenvalue weighted by Gasteiger charge is 2.13. The molecule has 0 saturated carbocycles. The molecule has 7 nitrogen and oxygen atoms in total. The van der Waals surface area contributed by atoms with Gasteiger partial charge in [-0.2, -0.15) is 0 Å². The van der Waals surface area contributed by atoms with E-state index in [1.807, 2.05) is 0 Å². The summed E-state index contributed by atoms with van der Waals surface area (Å²) < 4.78 is 0. The van der Waals surface area contributed by atoms with Crippen LogP contribution in [0.25, 0.3) is 0 Å². The van der Waals surface area contributed by atoms with Gasteiger partial charge >= 0.3 is 5.97 Å². The number of hydrogen-bond acceptors (Lipinski definition) is 5. The first kappa shape index (κ1) is 12.9. The fraction of sp³-hybridized carbons (Fsp3) is 0.400. The minimum Gasteiger partial charge on any atom is -0.481 e. The Bertz CT molecular complexity index is 447. The summed E-state index contributed by atoms with van der Waals surface area (Å²) in [5.41, 5.74) is 0.524. The monoisotopic (exact) mass is 239 g/mol. The summed E-state index contributed by atoms with van der Waals surface area (Å²) >= 11 is 0. The predicted octanol–water partition coefficient (Wildman–Crippen LogP) is 1.43. The molecule has 0 aromatic carbocycles. The van der Waals surface area contributed by atoms with Gasteiger partial charge in [0.1, 0.15) is 12.0 Å². The van der Waals surface area contributed by atoms with Crippen LogP contribution in [0.5, 0.6) is 0 Å². The van der Waals surface area contributed by atoms with E-state index in [0.29, 0.717) is 11.4 Å². The molecule has 7 heteroatoms. The Morgan fingerprint density at radius 2 is 2.35 bits per heavy atom. The van der Waals surface area contributed by atoms with E-state index >= 15 is 0 Å². The van der Waals surface area contributed by atoms with Crippen molar-refractivity contribution in [1.82, 2.24) is 4.98 Å². The molecule has 0 aliphatic carbocycles. The molecule has 1 atom stereocenters. The summed E-state index contributed by atoms with van der Waals surface area (Å²) in [6, 6.07) is 1.39. The van der Waals surface area contributed by atoms with Crippen molar-refractivity contribution in [1.29, 1.82) is 0 Å². The highest BCUT2D eigenvalue weighted by Crippen LogP contribution is 2.18. The molecule has 1 aromatic rings. The lowest BCUT2D eigenvalue weighted by atomic mass is 10.2. The molecular weight excluding hydrogens is 226 g/mol. The van der Waals surface area contributed by atoms with Crippen LogP contribution in [0.4, 0.5) is 11.5 Å². The van der Waals surface area contributed by atoms with Gasteiger partial charge in [-0.3, -0.25) is 14.9 Å². The minimum absolute atomic E-state index is 0.0840. The maximum absolute atomic E-state index is 10.6. The lowest BCUT2D eigenvalue weighted by Gasteiger charge is -2.10. The van der Waals surface area contributed by atoms with E-state index in [1.165, 1.54) is 6.07 Å². The normalized spacial score (nSPS) is 11.9. The largest absolute Gasteiger partial charge is 0.481 e. The van der Waals surface area contributed by atoms with Crippen LogP contribution in [-0.2, 0) is 4.79 Å². The predicted molar refractivity (Wildman–Crippen MR) is 60.9 cm³/mol. The van der Waals surface area contributed by atoms with Crippen LogP contribution in [0.3, 0.4) is 0 Å². The third-order valence-electron chi connectivity index (χ3n) is 2.27. The van der Waals surface area contributed by atoms with Gasteiger partial charge in [-0.1, -0.05) is 6.92 Å². The lowest BCUT2D eigenvalue weighted by molar-refractivity contribution is -0.385. The van der Waals surface area contributed by atoms with E-state index in [2.05, 4.69) is 10.3 Å². The number of aryl methyl sites for hydroxylation is 1. The number of nitrogens with zero attached hydrogens (tertiary/aromatic N) is 2. The fourth-order valence-electron chi connectivity index (χ4n) is 1.18. The van der Waals surface area contributed by atoms with E-state index in [1.54, 1.807) is 13.8 Å². The van der Waals surface area contributed by atoms with Gasteiger partial charge in [-0.15, -0.1) is 0 Å². The molecule has 0 aliphatic heterocycles. The molecular formula is C10H13N3O4. The third-order valence-corrected chi connectivity index (χ3v) is 2.27. The van der Waals surface area contributed by atoms with E-state index in [-0.39, 0.29) is 12.2 Å². The number of nitro groups is 1. The van der Waals surface area contributed by atoms with Gasteiger partial charge in [-0.05, 0) is 12.5 Å². The third kappa shape index (κ3) is 3.40.